The first kappa shape index (κ1) is 38.0. The fraction of sp³-hybridized carbons (Fsp3) is 1.00. The lowest BCUT2D eigenvalue weighted by molar-refractivity contribution is -0.288. The topological polar surface area (TPSA) is 152 Å². The lowest BCUT2D eigenvalue weighted by Gasteiger charge is -2.41. The van der Waals surface area contributed by atoms with Gasteiger partial charge in [-0.3, -0.25) is 4.52 Å². The Morgan fingerprint density at radius 3 is 1.58 bits per heavy atom. The quantitative estimate of drug-likeness (QED) is 0.152. The average Bonchev–Trinajstić information content (AvgIpc) is 2.85. The Balaban J connectivity index is 0. The molecule has 1 heterocycles. The highest BCUT2D eigenvalue weighted by Crippen LogP contribution is 2.40. The predicted molar refractivity (Wildman–Crippen MR) is 142 cm³/mol. The van der Waals surface area contributed by atoms with Crippen molar-refractivity contribution in [3.8, 4) is 0 Å². The zero-order valence-corrected chi connectivity index (χ0v) is 24.5. The van der Waals surface area contributed by atoms with E-state index in [0.29, 0.717) is 0 Å². The van der Waals surface area contributed by atoms with Gasteiger partial charge in [-0.05, 0) is 45.7 Å². The van der Waals surface area contributed by atoms with E-state index in [9.17, 15) is 14.8 Å². The normalized spacial score (nSPS) is 24.2. The van der Waals surface area contributed by atoms with Gasteiger partial charge in [0.25, 0.3) is 0 Å². The van der Waals surface area contributed by atoms with Gasteiger partial charge in [0.2, 0.25) is 0 Å². The molecule has 11 nitrogen and oxygen atoms in total. The summed E-state index contributed by atoms with van der Waals surface area (Å²) in [4.78, 5) is 22.4. The zero-order valence-electron chi connectivity index (χ0n) is 23.6. The number of unbranched alkanes of at least 4 members (excludes halogenated alkanes) is 3. The zero-order chi connectivity index (χ0) is 28.1. The SMILES string of the molecule is CCCCCCO[C@@H]1[C@@H](O)[C@@H](OP(=O)(O)O)O[C@H](CO)[C@H]1O.CCN(CC)CC.CCN(CC)CC. The average molecular weight is 547 g/mol. The third-order valence-electron chi connectivity index (χ3n) is 6.05. The van der Waals surface area contributed by atoms with Crippen molar-refractivity contribution in [2.45, 2.75) is 105 Å². The third-order valence-corrected chi connectivity index (χ3v) is 6.54. The molecule has 0 aliphatic carbocycles. The van der Waals surface area contributed by atoms with Crippen molar-refractivity contribution in [1.29, 1.82) is 0 Å². The molecule has 1 aliphatic rings. The van der Waals surface area contributed by atoms with Gasteiger partial charge in [0.05, 0.1) is 6.61 Å². The van der Waals surface area contributed by atoms with Crippen molar-refractivity contribution in [2.75, 3.05) is 52.5 Å². The number of hydrogen-bond acceptors (Lipinski definition) is 9. The van der Waals surface area contributed by atoms with E-state index >= 15 is 0 Å². The first-order valence-corrected chi connectivity index (χ1v) is 14.9. The number of aliphatic hydroxyl groups excluding tert-OH is 3. The molecule has 0 saturated carbocycles. The van der Waals surface area contributed by atoms with Crippen LogP contribution in [0.25, 0.3) is 0 Å². The molecule has 12 heteroatoms. The summed E-state index contributed by atoms with van der Waals surface area (Å²) in [7, 11) is -4.90. The largest absolute Gasteiger partial charge is 0.472 e. The Kier molecular flexibility index (Phi) is 24.0. The highest BCUT2D eigenvalue weighted by Gasteiger charge is 2.47. The Morgan fingerprint density at radius 1 is 0.778 bits per heavy atom. The van der Waals surface area contributed by atoms with Crippen molar-refractivity contribution in [3.63, 3.8) is 0 Å². The van der Waals surface area contributed by atoms with Crippen LogP contribution < -0.4 is 0 Å². The lowest BCUT2D eigenvalue weighted by atomic mass is 9.99. The van der Waals surface area contributed by atoms with Gasteiger partial charge in [0, 0.05) is 6.61 Å². The number of phosphoric ester groups is 1. The molecule has 0 amide bonds. The molecule has 1 saturated heterocycles. The molecule has 36 heavy (non-hydrogen) atoms. The molecule has 0 aromatic carbocycles. The predicted octanol–water partition coefficient (Wildman–Crippen LogP) is 2.20. The molecule has 0 aromatic rings. The molecule has 5 N–H and O–H groups in total. The number of nitrogens with zero attached hydrogens (tertiary/aromatic N) is 2. The minimum atomic E-state index is -4.90. The lowest BCUT2D eigenvalue weighted by Crippen LogP contribution is -2.59. The summed E-state index contributed by atoms with van der Waals surface area (Å²) in [5, 5.41) is 29.2. The van der Waals surface area contributed by atoms with Gasteiger partial charge in [0.1, 0.15) is 24.4 Å². The highest BCUT2D eigenvalue weighted by atomic mass is 31.2. The van der Waals surface area contributed by atoms with Gasteiger partial charge in [-0.25, -0.2) is 4.57 Å². The van der Waals surface area contributed by atoms with Crippen LogP contribution in [0, 0.1) is 0 Å². The molecule has 1 aliphatic heterocycles. The van der Waals surface area contributed by atoms with Crippen molar-refractivity contribution < 1.29 is 43.7 Å². The summed E-state index contributed by atoms with van der Waals surface area (Å²) < 4.78 is 25.6. The van der Waals surface area contributed by atoms with Crippen LogP contribution in [0.2, 0.25) is 0 Å². The van der Waals surface area contributed by atoms with Gasteiger partial charge < -0.3 is 44.4 Å². The van der Waals surface area contributed by atoms with Gasteiger partial charge in [-0.2, -0.15) is 0 Å². The van der Waals surface area contributed by atoms with Crippen LogP contribution in [0.5, 0.6) is 0 Å². The number of ether oxygens (including phenoxy) is 2. The van der Waals surface area contributed by atoms with Crippen LogP contribution in [-0.2, 0) is 18.6 Å². The maximum atomic E-state index is 10.9. The smallest absolute Gasteiger partial charge is 0.394 e. The van der Waals surface area contributed by atoms with Crippen LogP contribution in [0.1, 0.15) is 74.1 Å². The Bertz CT molecular complexity index is 511. The van der Waals surface area contributed by atoms with E-state index in [2.05, 4.69) is 62.8 Å². The molecule has 220 valence electrons. The van der Waals surface area contributed by atoms with E-state index in [0.717, 1.165) is 25.7 Å². The van der Waals surface area contributed by atoms with E-state index in [-0.39, 0.29) is 6.61 Å². The number of hydrogen-bond donors (Lipinski definition) is 5. The summed E-state index contributed by atoms with van der Waals surface area (Å²) in [6.07, 6.45) is -3.21. The molecule has 0 bridgehead atoms. The van der Waals surface area contributed by atoms with Crippen molar-refractivity contribution in [3.05, 3.63) is 0 Å². The molecular weight excluding hydrogens is 491 g/mol. The fourth-order valence-electron chi connectivity index (χ4n) is 3.56. The van der Waals surface area contributed by atoms with Crippen molar-refractivity contribution >= 4 is 7.82 Å². The monoisotopic (exact) mass is 546 g/mol. The van der Waals surface area contributed by atoms with Gasteiger partial charge in [0.15, 0.2) is 6.29 Å². The van der Waals surface area contributed by atoms with Crippen LogP contribution in [0.15, 0.2) is 0 Å². The third kappa shape index (κ3) is 17.4. The first-order chi connectivity index (χ1) is 17.0. The fourth-order valence-corrected chi connectivity index (χ4v) is 4.01. The molecule has 0 aromatic heterocycles. The number of rotatable bonds is 15. The molecular formula is C24H55N2O9P. The number of aliphatic hydroxyl groups is 3. The summed E-state index contributed by atoms with van der Waals surface area (Å²) in [6, 6.07) is 0. The minimum Gasteiger partial charge on any atom is -0.394 e. The summed E-state index contributed by atoms with van der Waals surface area (Å²) in [5.41, 5.74) is 0. The summed E-state index contributed by atoms with van der Waals surface area (Å²) >= 11 is 0. The van der Waals surface area contributed by atoms with Crippen LogP contribution in [-0.4, -0.2) is 118 Å². The van der Waals surface area contributed by atoms with Crippen molar-refractivity contribution in [2.24, 2.45) is 0 Å². The van der Waals surface area contributed by atoms with Gasteiger partial charge >= 0.3 is 7.82 Å². The maximum Gasteiger partial charge on any atom is 0.472 e. The molecule has 1 rings (SSSR count). The van der Waals surface area contributed by atoms with E-state index in [4.69, 9.17) is 24.4 Å². The first-order valence-electron chi connectivity index (χ1n) is 13.4. The number of phosphoric acid groups is 1. The second-order valence-corrected chi connectivity index (χ2v) is 9.63. The minimum absolute atomic E-state index is 0.263. The molecule has 0 unspecified atom stereocenters. The van der Waals surface area contributed by atoms with Gasteiger partial charge in [-0.15, -0.1) is 0 Å². The molecule has 5 atom stereocenters. The van der Waals surface area contributed by atoms with E-state index in [1.807, 2.05) is 0 Å². The molecule has 0 radical (unpaired) electrons. The molecule has 1 fully saturated rings. The summed E-state index contributed by atoms with van der Waals surface area (Å²) in [5.74, 6) is 0. The Labute approximate surface area is 219 Å². The maximum absolute atomic E-state index is 10.9. The second kappa shape index (κ2) is 22.8. The molecule has 0 spiro atoms. The van der Waals surface area contributed by atoms with Crippen molar-refractivity contribution in [1.82, 2.24) is 9.80 Å². The second-order valence-electron chi connectivity index (χ2n) is 8.44. The summed E-state index contributed by atoms with van der Waals surface area (Å²) in [6.45, 7) is 22.0. The van der Waals surface area contributed by atoms with Crippen LogP contribution in [0.3, 0.4) is 0 Å². The van der Waals surface area contributed by atoms with Crippen LogP contribution >= 0.6 is 7.82 Å². The van der Waals surface area contributed by atoms with E-state index in [1.54, 1.807) is 0 Å². The van der Waals surface area contributed by atoms with Crippen LogP contribution in [0.4, 0.5) is 0 Å². The van der Waals surface area contributed by atoms with E-state index in [1.165, 1.54) is 39.3 Å². The standard InChI is InChI=1S/C12H25O9P.2C6H15N/c1-2-3-4-5-6-19-11-9(14)8(7-13)20-12(10(11)15)21-22(16,17)18;2*1-4-7(5-2)6-3/h8-15H,2-7H2,1H3,(H2,16,17,18);2*4-6H2,1-3H3/t8-,9-,10-,11+,12-;;/m1../s1. The van der Waals surface area contributed by atoms with Gasteiger partial charge in [-0.1, -0.05) is 67.7 Å². The Morgan fingerprint density at radius 2 is 1.25 bits per heavy atom. The Hall–Kier alpha value is -0.170. The highest BCUT2D eigenvalue weighted by molar-refractivity contribution is 7.46. The van der Waals surface area contributed by atoms with E-state index < -0.39 is 45.1 Å².